The van der Waals surface area contributed by atoms with E-state index in [1.165, 1.54) is 0 Å². The molecule has 76 valence electrons. The molecule has 1 aromatic heterocycles. The van der Waals surface area contributed by atoms with E-state index in [4.69, 9.17) is 12.2 Å². The molecule has 0 spiro atoms. The standard InChI is InChI=1S/C7H10N2OS.C2H6.H2/c1-2-3-5-4-6(10)9-7(11)8-5;1-2;/h4H,2-3H2,1H3,(H2,8,9,10,11);1-2H3;1H. The highest BCUT2D eigenvalue weighted by Gasteiger charge is 1.91. The van der Waals surface area contributed by atoms with Crippen LogP contribution >= 0.6 is 12.2 Å². The van der Waals surface area contributed by atoms with Crippen molar-refractivity contribution in [1.29, 1.82) is 0 Å². The maximum absolute atomic E-state index is 10.8. The molecule has 0 fully saturated rings. The third-order valence-corrected chi connectivity index (χ3v) is 1.54. The SMILES string of the molecule is CC.CCCc1cc(=O)[nH]c(=S)[nH]1.[HH]. The van der Waals surface area contributed by atoms with Crippen LogP contribution in [0.4, 0.5) is 0 Å². The van der Waals surface area contributed by atoms with Gasteiger partial charge in [0.1, 0.15) is 0 Å². The van der Waals surface area contributed by atoms with Crippen LogP contribution in [-0.4, -0.2) is 9.97 Å². The molecule has 1 heterocycles. The summed E-state index contributed by atoms with van der Waals surface area (Å²) in [5.74, 6) is 0. The number of aromatic amines is 2. The van der Waals surface area contributed by atoms with Crippen molar-refractivity contribution in [3.63, 3.8) is 0 Å². The van der Waals surface area contributed by atoms with Crippen molar-refractivity contribution in [2.75, 3.05) is 0 Å². The molecule has 13 heavy (non-hydrogen) atoms. The summed E-state index contributed by atoms with van der Waals surface area (Å²) < 4.78 is 0.404. The summed E-state index contributed by atoms with van der Waals surface area (Å²) in [6, 6.07) is 1.54. The van der Waals surface area contributed by atoms with E-state index >= 15 is 0 Å². The quantitative estimate of drug-likeness (QED) is 0.724. The lowest BCUT2D eigenvalue weighted by atomic mass is 10.2. The van der Waals surface area contributed by atoms with Crippen LogP contribution in [0.5, 0.6) is 0 Å². The predicted octanol–water partition coefficient (Wildman–Crippen LogP) is 2.66. The highest BCUT2D eigenvalue weighted by Crippen LogP contribution is 1.93. The van der Waals surface area contributed by atoms with Gasteiger partial charge in [-0.1, -0.05) is 27.2 Å². The van der Waals surface area contributed by atoms with E-state index in [-0.39, 0.29) is 6.99 Å². The summed E-state index contributed by atoms with van der Waals surface area (Å²) in [4.78, 5) is 16.2. The lowest BCUT2D eigenvalue weighted by Crippen LogP contribution is -2.08. The Hall–Kier alpha value is -0.900. The normalized spacial score (nSPS) is 8.85. The van der Waals surface area contributed by atoms with Crippen LogP contribution in [0.2, 0.25) is 0 Å². The minimum atomic E-state index is -0.128. The second-order valence-electron chi connectivity index (χ2n) is 2.36. The van der Waals surface area contributed by atoms with Crippen LogP contribution in [0.1, 0.15) is 34.3 Å². The molecule has 0 aromatic carbocycles. The van der Waals surface area contributed by atoms with Gasteiger partial charge in [-0.2, -0.15) is 0 Å². The van der Waals surface area contributed by atoms with Crippen LogP contribution in [0.3, 0.4) is 0 Å². The molecule has 0 amide bonds. The molecule has 4 heteroatoms. The van der Waals surface area contributed by atoms with Crippen molar-refractivity contribution < 1.29 is 1.43 Å². The number of aryl methyl sites for hydroxylation is 1. The lowest BCUT2D eigenvalue weighted by Gasteiger charge is -1.95. The number of nitrogens with one attached hydrogen (secondary N) is 2. The van der Waals surface area contributed by atoms with Crippen molar-refractivity contribution in [1.82, 2.24) is 9.97 Å². The minimum absolute atomic E-state index is 0. The first-order valence-corrected chi connectivity index (χ1v) is 4.95. The molecular formula is C9H18N2OS. The Labute approximate surface area is 84.7 Å². The summed E-state index contributed by atoms with van der Waals surface area (Å²) in [5.41, 5.74) is 0.776. The van der Waals surface area contributed by atoms with E-state index in [1.807, 2.05) is 13.8 Å². The number of rotatable bonds is 2. The van der Waals surface area contributed by atoms with E-state index in [9.17, 15) is 4.79 Å². The van der Waals surface area contributed by atoms with E-state index in [2.05, 4.69) is 16.9 Å². The summed E-state index contributed by atoms with van der Waals surface area (Å²) in [7, 11) is 0. The first-order chi connectivity index (χ1) is 6.22. The maximum Gasteiger partial charge on any atom is 0.251 e. The zero-order valence-corrected chi connectivity index (χ0v) is 9.12. The van der Waals surface area contributed by atoms with E-state index in [0.717, 1.165) is 18.5 Å². The van der Waals surface area contributed by atoms with Gasteiger partial charge in [0.15, 0.2) is 4.77 Å². The molecule has 2 N–H and O–H groups in total. The molecule has 0 bridgehead atoms. The van der Waals surface area contributed by atoms with Crippen LogP contribution in [-0.2, 0) is 6.42 Å². The van der Waals surface area contributed by atoms with Gasteiger partial charge in [-0.3, -0.25) is 9.78 Å². The Morgan fingerprint density at radius 3 is 2.54 bits per heavy atom. The second kappa shape index (κ2) is 6.60. The molecule has 0 saturated carbocycles. The molecule has 0 atom stereocenters. The highest BCUT2D eigenvalue weighted by molar-refractivity contribution is 7.71. The van der Waals surface area contributed by atoms with Crippen molar-refractivity contribution in [3.8, 4) is 0 Å². The van der Waals surface area contributed by atoms with Crippen LogP contribution < -0.4 is 5.56 Å². The molecule has 0 aliphatic carbocycles. The van der Waals surface area contributed by atoms with Crippen LogP contribution in [0, 0.1) is 4.77 Å². The third kappa shape index (κ3) is 4.62. The minimum Gasteiger partial charge on any atom is -0.336 e. The van der Waals surface area contributed by atoms with Gasteiger partial charge in [-0.15, -0.1) is 0 Å². The van der Waals surface area contributed by atoms with Gasteiger partial charge >= 0.3 is 0 Å². The average molecular weight is 202 g/mol. The Balaban J connectivity index is 0. The number of hydrogen-bond acceptors (Lipinski definition) is 2. The molecule has 1 rings (SSSR count). The molecule has 0 radical (unpaired) electrons. The van der Waals surface area contributed by atoms with E-state index in [1.54, 1.807) is 6.07 Å². The van der Waals surface area contributed by atoms with Gasteiger partial charge in [-0.25, -0.2) is 0 Å². The van der Waals surface area contributed by atoms with Gasteiger partial charge in [-0.05, 0) is 18.6 Å². The Bertz CT molecular complexity index is 317. The highest BCUT2D eigenvalue weighted by atomic mass is 32.1. The van der Waals surface area contributed by atoms with E-state index in [0.29, 0.717) is 4.77 Å². The summed E-state index contributed by atoms with van der Waals surface area (Å²) in [5, 5.41) is 0. The molecule has 3 nitrogen and oxygen atoms in total. The second-order valence-corrected chi connectivity index (χ2v) is 2.77. The van der Waals surface area contributed by atoms with Crippen LogP contribution in [0.15, 0.2) is 10.9 Å². The number of hydrogen-bond donors (Lipinski definition) is 2. The molecule has 0 aliphatic rings. The topological polar surface area (TPSA) is 48.6 Å². The summed E-state index contributed by atoms with van der Waals surface area (Å²) >= 11 is 4.79. The molecular weight excluding hydrogens is 184 g/mol. The molecule has 0 aliphatic heterocycles. The van der Waals surface area contributed by atoms with Crippen molar-refractivity contribution >= 4 is 12.2 Å². The Morgan fingerprint density at radius 2 is 2.08 bits per heavy atom. The third-order valence-electron chi connectivity index (χ3n) is 1.34. The van der Waals surface area contributed by atoms with Gasteiger partial charge in [0.2, 0.25) is 0 Å². The summed E-state index contributed by atoms with van der Waals surface area (Å²) in [6.45, 7) is 6.05. The lowest BCUT2D eigenvalue weighted by molar-refractivity contribution is 0.861. The largest absolute Gasteiger partial charge is 0.336 e. The van der Waals surface area contributed by atoms with Crippen molar-refractivity contribution in [2.24, 2.45) is 0 Å². The Morgan fingerprint density at radius 1 is 1.46 bits per heavy atom. The fourth-order valence-corrected chi connectivity index (χ4v) is 1.16. The van der Waals surface area contributed by atoms with Crippen LogP contribution in [0.25, 0.3) is 0 Å². The van der Waals surface area contributed by atoms with Gasteiger partial charge in [0, 0.05) is 13.2 Å². The Kier molecular flexibility index (Phi) is 6.14. The first kappa shape index (κ1) is 12.1. The smallest absolute Gasteiger partial charge is 0.251 e. The van der Waals surface area contributed by atoms with Gasteiger partial charge < -0.3 is 4.98 Å². The van der Waals surface area contributed by atoms with Crippen molar-refractivity contribution in [2.45, 2.75) is 33.6 Å². The summed E-state index contributed by atoms with van der Waals surface area (Å²) in [6.07, 6.45) is 1.88. The first-order valence-electron chi connectivity index (χ1n) is 4.55. The van der Waals surface area contributed by atoms with Gasteiger partial charge in [0.05, 0.1) is 0 Å². The average Bonchev–Trinajstić information content (AvgIpc) is 2.06. The fraction of sp³-hybridized carbons (Fsp3) is 0.556. The number of aromatic nitrogens is 2. The molecule has 1 aromatic rings. The van der Waals surface area contributed by atoms with Crippen molar-refractivity contribution in [3.05, 3.63) is 26.9 Å². The zero-order valence-electron chi connectivity index (χ0n) is 8.31. The fourth-order valence-electron chi connectivity index (χ4n) is 0.923. The monoisotopic (exact) mass is 202 g/mol. The maximum atomic E-state index is 10.8. The van der Waals surface area contributed by atoms with Gasteiger partial charge in [0.25, 0.3) is 5.56 Å². The predicted molar refractivity (Wildman–Crippen MR) is 59.7 cm³/mol. The van der Waals surface area contributed by atoms with E-state index < -0.39 is 0 Å². The molecule has 0 saturated heterocycles. The number of H-pyrrole nitrogens is 2. The zero-order chi connectivity index (χ0) is 10.3. The molecule has 0 unspecified atom stereocenters.